The Morgan fingerprint density at radius 1 is 1.39 bits per heavy atom. The predicted molar refractivity (Wildman–Crippen MR) is 73.0 cm³/mol. The zero-order valence-corrected chi connectivity index (χ0v) is 11.2. The molecule has 0 radical (unpaired) electrons. The van der Waals surface area contributed by atoms with E-state index in [1.54, 1.807) is 0 Å². The van der Waals surface area contributed by atoms with Crippen LogP contribution in [0.15, 0.2) is 18.5 Å². The number of hydrogen-bond donors (Lipinski definition) is 3. The number of rotatable bonds is 5. The minimum absolute atomic E-state index is 0.430. The Balaban J connectivity index is 2.13. The van der Waals surface area contributed by atoms with E-state index in [9.17, 15) is 0 Å². The fraction of sp³-hybridized carbons (Fsp3) is 0.200. The van der Waals surface area contributed by atoms with Gasteiger partial charge in [-0.2, -0.15) is 0 Å². The van der Waals surface area contributed by atoms with Crippen LogP contribution in [-0.4, -0.2) is 17.1 Å². The van der Waals surface area contributed by atoms with E-state index in [1.165, 1.54) is 24.8 Å². The van der Waals surface area contributed by atoms with Gasteiger partial charge in [0.05, 0.1) is 18.0 Å². The zero-order chi connectivity index (χ0) is 13.0. The Bertz CT molecular complexity index is 533. The van der Waals surface area contributed by atoms with Crippen LogP contribution < -0.4 is 21.3 Å². The van der Waals surface area contributed by atoms with Gasteiger partial charge in [-0.1, -0.05) is 11.6 Å². The SMILES string of the molecule is COc1c(NN)ncnc1NCc1ccc(Cl)s1. The maximum absolute atomic E-state index is 5.86. The van der Waals surface area contributed by atoms with E-state index in [-0.39, 0.29) is 0 Å². The van der Waals surface area contributed by atoms with Gasteiger partial charge >= 0.3 is 0 Å². The lowest BCUT2D eigenvalue weighted by atomic mass is 10.4. The summed E-state index contributed by atoms with van der Waals surface area (Å²) in [6, 6.07) is 3.81. The number of nitrogen functional groups attached to an aromatic ring is 1. The van der Waals surface area contributed by atoms with E-state index in [0.29, 0.717) is 23.9 Å². The van der Waals surface area contributed by atoms with Gasteiger partial charge in [-0.15, -0.1) is 11.3 Å². The highest BCUT2D eigenvalue weighted by Gasteiger charge is 2.11. The number of methoxy groups -OCH3 is 1. The Morgan fingerprint density at radius 2 is 2.17 bits per heavy atom. The molecule has 0 aliphatic carbocycles. The lowest BCUT2D eigenvalue weighted by molar-refractivity contribution is 0.414. The smallest absolute Gasteiger partial charge is 0.205 e. The molecule has 96 valence electrons. The number of hydrazine groups is 1. The number of ether oxygens (including phenoxy) is 1. The standard InChI is InChI=1S/C10H12ClN5OS/c1-17-8-9(14-5-15-10(8)16-12)13-4-6-2-3-7(11)18-6/h2-3,5H,4,12H2,1H3,(H2,13,14,15,16). The molecule has 0 saturated carbocycles. The van der Waals surface area contributed by atoms with Crippen molar-refractivity contribution in [2.75, 3.05) is 17.9 Å². The highest BCUT2D eigenvalue weighted by molar-refractivity contribution is 7.16. The van der Waals surface area contributed by atoms with Crippen molar-refractivity contribution < 1.29 is 4.74 Å². The third-order valence-corrected chi connectivity index (χ3v) is 3.43. The number of nitrogens with zero attached hydrogens (tertiary/aromatic N) is 2. The number of aromatic nitrogens is 2. The van der Waals surface area contributed by atoms with E-state index in [2.05, 4.69) is 20.7 Å². The maximum Gasteiger partial charge on any atom is 0.205 e. The van der Waals surface area contributed by atoms with Crippen molar-refractivity contribution in [2.45, 2.75) is 6.54 Å². The average molecular weight is 286 g/mol. The minimum atomic E-state index is 0.430. The summed E-state index contributed by atoms with van der Waals surface area (Å²) >= 11 is 7.37. The summed E-state index contributed by atoms with van der Waals surface area (Å²) in [6.45, 7) is 0.606. The summed E-state index contributed by atoms with van der Waals surface area (Å²) in [5.74, 6) is 6.82. The van der Waals surface area contributed by atoms with Crippen LogP contribution in [0, 0.1) is 0 Å². The normalized spacial score (nSPS) is 10.2. The highest BCUT2D eigenvalue weighted by Crippen LogP contribution is 2.29. The Hall–Kier alpha value is -1.57. The van der Waals surface area contributed by atoms with Gasteiger partial charge in [0, 0.05) is 4.88 Å². The third-order valence-electron chi connectivity index (χ3n) is 2.20. The molecule has 2 rings (SSSR count). The van der Waals surface area contributed by atoms with Crippen LogP contribution in [0.1, 0.15) is 4.88 Å². The molecule has 0 aliphatic heterocycles. The molecule has 8 heteroatoms. The molecule has 2 heterocycles. The van der Waals surface area contributed by atoms with Crippen LogP contribution in [0.25, 0.3) is 0 Å². The van der Waals surface area contributed by atoms with Crippen LogP contribution in [0.2, 0.25) is 4.34 Å². The van der Waals surface area contributed by atoms with Gasteiger partial charge in [-0.3, -0.25) is 0 Å². The number of thiophene rings is 1. The number of anilines is 2. The van der Waals surface area contributed by atoms with Crippen molar-refractivity contribution in [3.8, 4) is 5.75 Å². The van der Waals surface area contributed by atoms with E-state index in [1.807, 2.05) is 12.1 Å². The molecule has 0 bridgehead atoms. The van der Waals surface area contributed by atoms with Crippen LogP contribution in [0.3, 0.4) is 0 Å². The molecular formula is C10H12ClN5OS. The molecule has 0 saturated heterocycles. The van der Waals surface area contributed by atoms with E-state index in [4.69, 9.17) is 22.2 Å². The first-order valence-corrected chi connectivity index (χ1v) is 6.27. The molecule has 18 heavy (non-hydrogen) atoms. The van der Waals surface area contributed by atoms with Crippen molar-refractivity contribution in [3.05, 3.63) is 27.7 Å². The van der Waals surface area contributed by atoms with Gasteiger partial charge in [0.25, 0.3) is 0 Å². The topological polar surface area (TPSA) is 85.1 Å². The van der Waals surface area contributed by atoms with Gasteiger partial charge in [0.15, 0.2) is 11.6 Å². The first-order valence-electron chi connectivity index (χ1n) is 5.08. The molecule has 4 N–H and O–H groups in total. The monoisotopic (exact) mass is 285 g/mol. The summed E-state index contributed by atoms with van der Waals surface area (Å²) < 4.78 is 5.96. The lowest BCUT2D eigenvalue weighted by Crippen LogP contribution is -2.12. The van der Waals surface area contributed by atoms with Gasteiger partial charge < -0.3 is 15.5 Å². The van der Waals surface area contributed by atoms with E-state index >= 15 is 0 Å². The second-order valence-corrected chi connectivity index (χ2v) is 5.11. The molecule has 0 fully saturated rings. The van der Waals surface area contributed by atoms with Crippen LogP contribution in [0.4, 0.5) is 11.6 Å². The second-order valence-electron chi connectivity index (χ2n) is 3.31. The number of halogens is 1. The van der Waals surface area contributed by atoms with Gasteiger partial charge in [-0.05, 0) is 12.1 Å². The maximum atomic E-state index is 5.86. The molecule has 0 amide bonds. The highest BCUT2D eigenvalue weighted by atomic mass is 35.5. The van der Waals surface area contributed by atoms with Crippen LogP contribution >= 0.6 is 22.9 Å². The quantitative estimate of drug-likeness (QED) is 0.576. The predicted octanol–water partition coefficient (Wildman–Crippen LogP) is 2.10. The molecule has 0 unspecified atom stereocenters. The van der Waals surface area contributed by atoms with Crippen LogP contribution in [-0.2, 0) is 6.54 Å². The summed E-state index contributed by atoms with van der Waals surface area (Å²) in [6.07, 6.45) is 1.40. The average Bonchev–Trinajstić information content (AvgIpc) is 2.81. The van der Waals surface area contributed by atoms with Crippen molar-refractivity contribution >= 4 is 34.6 Å². The summed E-state index contributed by atoms with van der Waals surface area (Å²) in [5.41, 5.74) is 2.45. The Morgan fingerprint density at radius 3 is 2.78 bits per heavy atom. The fourth-order valence-corrected chi connectivity index (χ4v) is 2.44. The molecule has 0 atom stereocenters. The molecule has 0 spiro atoms. The zero-order valence-electron chi connectivity index (χ0n) is 9.61. The molecule has 0 aromatic carbocycles. The Labute approximate surface area is 113 Å². The number of hydrogen-bond acceptors (Lipinski definition) is 7. The largest absolute Gasteiger partial charge is 0.490 e. The first kappa shape index (κ1) is 12.9. The molecule has 2 aromatic rings. The van der Waals surface area contributed by atoms with Crippen molar-refractivity contribution in [1.29, 1.82) is 0 Å². The molecule has 0 aliphatic rings. The van der Waals surface area contributed by atoms with E-state index < -0.39 is 0 Å². The molecule has 2 aromatic heterocycles. The number of nitrogens with one attached hydrogen (secondary N) is 2. The van der Waals surface area contributed by atoms with Gasteiger partial charge in [0.1, 0.15) is 6.33 Å². The fourth-order valence-electron chi connectivity index (χ4n) is 1.41. The minimum Gasteiger partial charge on any atom is -0.490 e. The summed E-state index contributed by atoms with van der Waals surface area (Å²) in [4.78, 5) is 9.17. The van der Waals surface area contributed by atoms with Crippen molar-refractivity contribution in [3.63, 3.8) is 0 Å². The summed E-state index contributed by atoms with van der Waals surface area (Å²) in [5, 5.41) is 3.15. The third kappa shape index (κ3) is 2.81. The summed E-state index contributed by atoms with van der Waals surface area (Å²) in [7, 11) is 1.53. The molecular weight excluding hydrogens is 274 g/mol. The lowest BCUT2D eigenvalue weighted by Gasteiger charge is -2.11. The van der Waals surface area contributed by atoms with E-state index in [0.717, 1.165) is 9.21 Å². The van der Waals surface area contributed by atoms with Crippen molar-refractivity contribution in [1.82, 2.24) is 9.97 Å². The molecule has 6 nitrogen and oxygen atoms in total. The second kappa shape index (κ2) is 5.85. The number of nitrogens with two attached hydrogens (primary N) is 1. The van der Waals surface area contributed by atoms with Gasteiger partial charge in [-0.25, -0.2) is 15.8 Å². The van der Waals surface area contributed by atoms with Crippen molar-refractivity contribution in [2.24, 2.45) is 5.84 Å². The van der Waals surface area contributed by atoms with Gasteiger partial charge in [0.2, 0.25) is 5.75 Å². The Kier molecular flexibility index (Phi) is 4.19. The van der Waals surface area contributed by atoms with Crippen LogP contribution in [0.5, 0.6) is 5.75 Å². The first-order chi connectivity index (χ1) is 8.74.